The maximum absolute atomic E-state index is 6.21. The first kappa shape index (κ1) is 12.3. The molecule has 1 aliphatic rings. The lowest BCUT2D eigenvalue weighted by Crippen LogP contribution is -2.35. The Labute approximate surface area is 107 Å². The zero-order valence-electron chi connectivity index (χ0n) is 9.42. The molecule has 0 unspecified atom stereocenters. The van der Waals surface area contributed by atoms with Crippen LogP contribution in [0.15, 0.2) is 23.0 Å². The van der Waals surface area contributed by atoms with E-state index in [0.29, 0.717) is 17.7 Å². The van der Waals surface area contributed by atoms with Crippen LogP contribution in [0, 0.1) is 11.3 Å². The third-order valence-corrected chi connectivity index (χ3v) is 4.95. The fourth-order valence-corrected chi connectivity index (χ4v) is 3.74. The molecule has 1 aliphatic carbocycles. The van der Waals surface area contributed by atoms with Crippen LogP contribution in [0.5, 0.6) is 0 Å². The van der Waals surface area contributed by atoms with E-state index in [4.69, 9.17) is 27.6 Å². The molecule has 3 heteroatoms. The second-order valence-electron chi connectivity index (χ2n) is 4.92. The molecule has 2 rings (SSSR count). The van der Waals surface area contributed by atoms with E-state index < -0.39 is 0 Å². The van der Waals surface area contributed by atoms with Gasteiger partial charge in [0.05, 0.1) is 12.5 Å². The zero-order valence-corrected chi connectivity index (χ0v) is 10.9. The van der Waals surface area contributed by atoms with E-state index in [0.717, 1.165) is 6.42 Å². The van der Waals surface area contributed by atoms with Gasteiger partial charge in [-0.3, -0.25) is 0 Å². The Kier molecular flexibility index (Phi) is 4.21. The smallest absolute Gasteiger partial charge is 0.0934 e. The van der Waals surface area contributed by atoms with Gasteiger partial charge in [0.2, 0.25) is 0 Å². The van der Waals surface area contributed by atoms with Crippen molar-refractivity contribution in [2.24, 2.45) is 11.3 Å². The van der Waals surface area contributed by atoms with Crippen LogP contribution in [-0.2, 0) is 6.42 Å². The van der Waals surface area contributed by atoms with E-state index in [1.165, 1.54) is 31.2 Å². The number of alkyl halides is 2. The second-order valence-corrected chi connectivity index (χ2v) is 5.45. The van der Waals surface area contributed by atoms with Crippen molar-refractivity contribution in [1.29, 1.82) is 0 Å². The monoisotopic (exact) mass is 260 g/mol. The van der Waals surface area contributed by atoms with Crippen molar-refractivity contribution in [3.63, 3.8) is 0 Å². The molecule has 0 saturated heterocycles. The molecular formula is C13H18Cl2O. The average Bonchev–Trinajstić information content (AvgIpc) is 2.99. The number of rotatable bonds is 5. The molecule has 0 spiro atoms. The lowest BCUT2D eigenvalue weighted by atomic mass is 9.73. The Balaban J connectivity index is 2.13. The summed E-state index contributed by atoms with van der Waals surface area (Å²) in [6.45, 7) is 0. The van der Waals surface area contributed by atoms with Gasteiger partial charge in [-0.2, -0.15) is 0 Å². The van der Waals surface area contributed by atoms with E-state index >= 15 is 0 Å². The van der Waals surface area contributed by atoms with Gasteiger partial charge in [0, 0.05) is 17.2 Å². The Morgan fingerprint density at radius 2 is 1.94 bits per heavy atom. The maximum Gasteiger partial charge on any atom is 0.0934 e. The normalized spacial score (nSPS) is 18.1. The molecule has 1 fully saturated rings. The molecule has 0 N–H and O–H groups in total. The van der Waals surface area contributed by atoms with Crippen LogP contribution in [0.3, 0.4) is 0 Å². The van der Waals surface area contributed by atoms with Crippen molar-refractivity contribution in [3.8, 4) is 0 Å². The Bertz CT molecular complexity index is 298. The molecule has 1 heterocycles. The molecule has 0 amide bonds. The molecule has 90 valence electrons. The summed E-state index contributed by atoms with van der Waals surface area (Å²) in [6.07, 6.45) is 9.67. The third kappa shape index (κ3) is 2.41. The predicted molar refractivity (Wildman–Crippen MR) is 68.2 cm³/mol. The van der Waals surface area contributed by atoms with Crippen molar-refractivity contribution in [2.45, 2.75) is 32.1 Å². The van der Waals surface area contributed by atoms with Gasteiger partial charge >= 0.3 is 0 Å². The summed E-state index contributed by atoms with van der Waals surface area (Å²) >= 11 is 12.4. The summed E-state index contributed by atoms with van der Waals surface area (Å²) in [7, 11) is 0. The first-order valence-corrected chi connectivity index (χ1v) is 7.01. The standard InChI is InChI=1S/C13H18Cl2O/c14-9-13(10-15,12-3-1-2-4-12)7-11-5-6-16-8-11/h5-6,8,12H,1-4,7,9-10H2. The first-order chi connectivity index (χ1) is 7.80. The van der Waals surface area contributed by atoms with Crippen LogP contribution >= 0.6 is 23.2 Å². The van der Waals surface area contributed by atoms with Crippen LogP contribution < -0.4 is 0 Å². The highest BCUT2D eigenvalue weighted by molar-refractivity contribution is 6.21. The van der Waals surface area contributed by atoms with Crippen LogP contribution in [0.1, 0.15) is 31.2 Å². The fraction of sp³-hybridized carbons (Fsp3) is 0.692. The maximum atomic E-state index is 6.21. The van der Waals surface area contributed by atoms with E-state index in [1.807, 2.05) is 12.3 Å². The van der Waals surface area contributed by atoms with Gasteiger partial charge in [0.15, 0.2) is 0 Å². The minimum absolute atomic E-state index is 0.0590. The van der Waals surface area contributed by atoms with Gasteiger partial charge in [-0.25, -0.2) is 0 Å². The van der Waals surface area contributed by atoms with E-state index in [9.17, 15) is 0 Å². The SMILES string of the molecule is ClCC(CCl)(Cc1ccoc1)C1CCCC1. The minimum atomic E-state index is 0.0590. The van der Waals surface area contributed by atoms with Gasteiger partial charge in [-0.15, -0.1) is 23.2 Å². The molecule has 0 aliphatic heterocycles. The average molecular weight is 261 g/mol. The van der Waals surface area contributed by atoms with Gasteiger partial charge < -0.3 is 4.42 Å². The molecule has 16 heavy (non-hydrogen) atoms. The summed E-state index contributed by atoms with van der Waals surface area (Å²) in [5.41, 5.74) is 1.27. The Morgan fingerprint density at radius 1 is 1.25 bits per heavy atom. The molecule has 0 radical (unpaired) electrons. The summed E-state index contributed by atoms with van der Waals surface area (Å²) < 4.78 is 5.13. The third-order valence-electron chi connectivity index (χ3n) is 3.89. The molecule has 1 saturated carbocycles. The molecule has 0 atom stereocenters. The first-order valence-electron chi connectivity index (χ1n) is 5.94. The van der Waals surface area contributed by atoms with Crippen LogP contribution in [0.25, 0.3) is 0 Å². The van der Waals surface area contributed by atoms with Crippen molar-refractivity contribution in [1.82, 2.24) is 0 Å². The van der Waals surface area contributed by atoms with Crippen molar-refractivity contribution in [2.75, 3.05) is 11.8 Å². The van der Waals surface area contributed by atoms with Gasteiger partial charge in [0.1, 0.15) is 0 Å². The summed E-state index contributed by atoms with van der Waals surface area (Å²) in [5, 5.41) is 0. The van der Waals surface area contributed by atoms with Crippen LogP contribution in [-0.4, -0.2) is 11.8 Å². The lowest BCUT2D eigenvalue weighted by Gasteiger charge is -2.35. The highest BCUT2D eigenvalue weighted by Gasteiger charge is 2.39. The van der Waals surface area contributed by atoms with Gasteiger partial charge in [0.25, 0.3) is 0 Å². The summed E-state index contributed by atoms with van der Waals surface area (Å²) in [4.78, 5) is 0. The van der Waals surface area contributed by atoms with Crippen molar-refractivity contribution < 1.29 is 4.42 Å². The minimum Gasteiger partial charge on any atom is -0.472 e. The molecule has 0 aromatic carbocycles. The van der Waals surface area contributed by atoms with E-state index in [2.05, 4.69) is 0 Å². The fourth-order valence-electron chi connectivity index (χ4n) is 2.83. The molecule has 1 aromatic heterocycles. The van der Waals surface area contributed by atoms with Crippen LogP contribution in [0.4, 0.5) is 0 Å². The number of furan rings is 1. The lowest BCUT2D eigenvalue weighted by molar-refractivity contribution is 0.224. The zero-order chi connectivity index (χ0) is 11.4. The molecular weight excluding hydrogens is 243 g/mol. The largest absolute Gasteiger partial charge is 0.472 e. The van der Waals surface area contributed by atoms with E-state index in [1.54, 1.807) is 6.26 Å². The van der Waals surface area contributed by atoms with E-state index in [-0.39, 0.29) is 5.41 Å². The molecule has 0 bridgehead atoms. The topological polar surface area (TPSA) is 13.1 Å². The summed E-state index contributed by atoms with van der Waals surface area (Å²) in [6, 6.07) is 2.02. The Morgan fingerprint density at radius 3 is 2.44 bits per heavy atom. The highest BCUT2D eigenvalue weighted by Crippen LogP contribution is 2.44. The van der Waals surface area contributed by atoms with Gasteiger partial charge in [-0.05, 0) is 36.8 Å². The Hall–Kier alpha value is -0.140. The molecule has 1 nitrogen and oxygen atoms in total. The van der Waals surface area contributed by atoms with Crippen molar-refractivity contribution in [3.05, 3.63) is 24.2 Å². The van der Waals surface area contributed by atoms with Gasteiger partial charge in [-0.1, -0.05) is 12.8 Å². The quantitative estimate of drug-likeness (QED) is 0.712. The molecule has 1 aromatic rings. The predicted octanol–water partition coefficient (Wildman–Crippen LogP) is 4.48. The number of hydrogen-bond donors (Lipinski definition) is 0. The van der Waals surface area contributed by atoms with Crippen LogP contribution in [0.2, 0.25) is 0 Å². The highest BCUT2D eigenvalue weighted by atomic mass is 35.5. The van der Waals surface area contributed by atoms with Crippen molar-refractivity contribution >= 4 is 23.2 Å². The number of hydrogen-bond acceptors (Lipinski definition) is 1. The summed E-state index contributed by atoms with van der Waals surface area (Å²) in [5.74, 6) is 1.97. The number of halogens is 2. The second kappa shape index (κ2) is 5.46.